The molecular formula is C22H20ClN5O3S2. The number of aryl methyl sites for hydroxylation is 1. The first-order chi connectivity index (χ1) is 15.8. The summed E-state index contributed by atoms with van der Waals surface area (Å²) in [5.41, 5.74) is 1.74. The van der Waals surface area contributed by atoms with Gasteiger partial charge in [0.1, 0.15) is 10.7 Å². The highest BCUT2D eigenvalue weighted by atomic mass is 35.5. The number of amides is 1. The van der Waals surface area contributed by atoms with Gasteiger partial charge in [-0.05, 0) is 50.1 Å². The quantitative estimate of drug-likeness (QED) is 0.435. The second-order valence-corrected chi connectivity index (χ2v) is 11.1. The minimum atomic E-state index is -3.76. The van der Waals surface area contributed by atoms with E-state index < -0.39 is 15.9 Å². The molecule has 1 aliphatic heterocycles. The first-order valence-corrected chi connectivity index (χ1v) is 13.0. The third kappa shape index (κ3) is 4.15. The van der Waals surface area contributed by atoms with E-state index in [1.54, 1.807) is 10.7 Å². The van der Waals surface area contributed by atoms with Crippen molar-refractivity contribution in [2.24, 2.45) is 0 Å². The van der Waals surface area contributed by atoms with Gasteiger partial charge in [-0.1, -0.05) is 35.1 Å². The monoisotopic (exact) mass is 501 g/mol. The summed E-state index contributed by atoms with van der Waals surface area (Å²) in [6.07, 6.45) is 1.62. The fourth-order valence-electron chi connectivity index (χ4n) is 3.78. The van der Waals surface area contributed by atoms with Gasteiger partial charge in [-0.15, -0.1) is 0 Å². The molecule has 1 saturated heterocycles. The zero-order valence-electron chi connectivity index (χ0n) is 17.7. The zero-order valence-corrected chi connectivity index (χ0v) is 20.0. The molecule has 0 bridgehead atoms. The fraction of sp³-hybridized carbons (Fsp3) is 0.227. The van der Waals surface area contributed by atoms with Crippen molar-refractivity contribution < 1.29 is 13.2 Å². The number of hydrogen-bond donors (Lipinski definition) is 1. The van der Waals surface area contributed by atoms with Crippen LogP contribution in [0.5, 0.6) is 0 Å². The Labute approximate surface area is 199 Å². The van der Waals surface area contributed by atoms with E-state index >= 15 is 0 Å². The molecule has 0 radical (unpaired) electrons. The van der Waals surface area contributed by atoms with E-state index in [1.807, 2.05) is 31.2 Å². The van der Waals surface area contributed by atoms with Crippen molar-refractivity contribution in [2.75, 3.05) is 18.4 Å². The number of anilines is 1. The van der Waals surface area contributed by atoms with E-state index in [0.717, 1.165) is 23.1 Å². The summed E-state index contributed by atoms with van der Waals surface area (Å²) in [6, 6.07) is 13.8. The van der Waals surface area contributed by atoms with Crippen molar-refractivity contribution in [3.05, 3.63) is 64.8 Å². The molecule has 2 aromatic carbocycles. The van der Waals surface area contributed by atoms with Crippen molar-refractivity contribution in [3.63, 3.8) is 0 Å². The summed E-state index contributed by atoms with van der Waals surface area (Å²) in [6.45, 7) is 2.73. The summed E-state index contributed by atoms with van der Waals surface area (Å²) >= 11 is 7.67. The maximum absolute atomic E-state index is 13.1. The maximum Gasteiger partial charge on any atom is 0.256 e. The summed E-state index contributed by atoms with van der Waals surface area (Å²) in [5.74, 6) is -0.0257. The van der Waals surface area contributed by atoms with Gasteiger partial charge in [-0.2, -0.15) is 14.1 Å². The summed E-state index contributed by atoms with van der Waals surface area (Å²) < 4.78 is 30.0. The van der Waals surface area contributed by atoms with Gasteiger partial charge in [0.2, 0.25) is 15.2 Å². The Morgan fingerprint density at radius 1 is 1.12 bits per heavy atom. The van der Waals surface area contributed by atoms with Crippen LogP contribution in [0.25, 0.3) is 15.3 Å². The number of sulfonamides is 1. The number of carbonyl (C=O) groups is 1. The summed E-state index contributed by atoms with van der Waals surface area (Å²) in [7, 11) is -3.76. The predicted octanol–water partition coefficient (Wildman–Crippen LogP) is 4.48. The maximum atomic E-state index is 13.1. The smallest absolute Gasteiger partial charge is 0.256 e. The second kappa shape index (κ2) is 8.53. The number of benzene rings is 2. The molecule has 33 heavy (non-hydrogen) atoms. The number of nitrogens with zero attached hydrogens (tertiary/aromatic N) is 4. The molecule has 170 valence electrons. The van der Waals surface area contributed by atoms with Crippen molar-refractivity contribution in [1.29, 1.82) is 0 Å². The predicted molar refractivity (Wildman–Crippen MR) is 129 cm³/mol. The van der Waals surface area contributed by atoms with E-state index in [-0.39, 0.29) is 15.5 Å². The van der Waals surface area contributed by atoms with E-state index in [4.69, 9.17) is 11.6 Å². The molecule has 1 aliphatic rings. The molecule has 0 aliphatic carbocycles. The average molecular weight is 502 g/mol. The first-order valence-electron chi connectivity index (χ1n) is 10.4. The molecule has 11 heteroatoms. The van der Waals surface area contributed by atoms with Gasteiger partial charge in [0.15, 0.2) is 0 Å². The molecule has 1 amide bonds. The average Bonchev–Trinajstić information content (AvgIpc) is 3.53. The summed E-state index contributed by atoms with van der Waals surface area (Å²) in [4.78, 5) is 17.6. The van der Waals surface area contributed by atoms with Gasteiger partial charge in [0.25, 0.3) is 5.91 Å². The van der Waals surface area contributed by atoms with Gasteiger partial charge in [-0.3, -0.25) is 4.79 Å². The first kappa shape index (κ1) is 22.0. The van der Waals surface area contributed by atoms with E-state index in [0.29, 0.717) is 29.7 Å². The molecule has 0 atom stereocenters. The van der Waals surface area contributed by atoms with Crippen LogP contribution in [0.1, 0.15) is 28.9 Å². The minimum absolute atomic E-state index is 0.0606. The number of rotatable bonds is 5. The van der Waals surface area contributed by atoms with E-state index in [2.05, 4.69) is 15.4 Å². The van der Waals surface area contributed by atoms with Crippen molar-refractivity contribution in [3.8, 4) is 5.13 Å². The van der Waals surface area contributed by atoms with Crippen molar-refractivity contribution in [1.82, 2.24) is 19.1 Å². The van der Waals surface area contributed by atoms with Gasteiger partial charge >= 0.3 is 0 Å². The third-order valence-corrected chi connectivity index (χ3v) is 8.81. The minimum Gasteiger partial charge on any atom is -0.306 e. The number of nitrogens with one attached hydrogen (secondary N) is 1. The Morgan fingerprint density at radius 3 is 2.64 bits per heavy atom. The Morgan fingerprint density at radius 2 is 1.88 bits per heavy atom. The number of fused-ring (bicyclic) bond motifs is 1. The highest BCUT2D eigenvalue weighted by Crippen LogP contribution is 2.30. The number of hydrogen-bond acceptors (Lipinski definition) is 6. The molecule has 8 nitrogen and oxygen atoms in total. The lowest BCUT2D eigenvalue weighted by Gasteiger charge is -2.17. The van der Waals surface area contributed by atoms with Crippen LogP contribution >= 0.6 is 22.9 Å². The lowest BCUT2D eigenvalue weighted by molar-refractivity contribution is 0.102. The molecule has 0 spiro atoms. The van der Waals surface area contributed by atoms with Crippen molar-refractivity contribution >= 4 is 54.9 Å². The lowest BCUT2D eigenvalue weighted by atomic mass is 10.2. The molecule has 1 N–H and O–H groups in total. The topological polar surface area (TPSA) is 97.2 Å². The molecule has 3 heterocycles. The molecular weight excluding hydrogens is 482 g/mol. The number of carbonyl (C=O) groups excluding carboxylic acids is 1. The van der Waals surface area contributed by atoms with Crippen molar-refractivity contribution in [2.45, 2.75) is 24.7 Å². The number of thiazole rings is 1. The fourth-order valence-corrected chi connectivity index (χ4v) is 6.73. The van der Waals surface area contributed by atoms with E-state index in [1.165, 1.54) is 33.8 Å². The highest BCUT2D eigenvalue weighted by Gasteiger charge is 2.30. The number of halogens is 1. The van der Waals surface area contributed by atoms with Gasteiger partial charge in [-0.25, -0.2) is 13.4 Å². The molecule has 1 fully saturated rings. The third-order valence-electron chi connectivity index (χ3n) is 5.41. The SMILES string of the molecule is Cc1cc(NC(=O)c2ccc(Cl)c(S(=O)(=O)N3CCCC3)c2)n(-c2nc3ccccc3s2)n1. The van der Waals surface area contributed by atoms with Gasteiger partial charge in [0, 0.05) is 24.7 Å². The molecule has 5 rings (SSSR count). The molecule has 2 aromatic heterocycles. The van der Waals surface area contributed by atoms with Crippen LogP contribution in [0, 0.1) is 6.92 Å². The normalized spacial score (nSPS) is 14.7. The molecule has 4 aromatic rings. The van der Waals surface area contributed by atoms with Crippen LogP contribution in [-0.4, -0.2) is 46.5 Å². The Bertz CT molecular complexity index is 1440. The highest BCUT2D eigenvalue weighted by molar-refractivity contribution is 7.89. The van der Waals surface area contributed by atoms with Crippen LogP contribution in [0.3, 0.4) is 0 Å². The van der Waals surface area contributed by atoms with Crippen LogP contribution in [0.4, 0.5) is 5.82 Å². The van der Waals surface area contributed by atoms with Crippen LogP contribution in [0.2, 0.25) is 5.02 Å². The number of aromatic nitrogens is 3. The van der Waals surface area contributed by atoms with Gasteiger partial charge < -0.3 is 5.32 Å². The van der Waals surface area contributed by atoms with Crippen LogP contribution in [0.15, 0.2) is 53.4 Å². The molecule has 0 unspecified atom stereocenters. The van der Waals surface area contributed by atoms with Gasteiger partial charge in [0.05, 0.1) is 20.9 Å². The standard InChI is InChI=1S/C22H20ClN5O3S2/c1-14-12-20(28(26-14)22-24-17-6-2-3-7-18(17)32-22)25-21(29)15-8-9-16(23)19(13-15)33(30,31)27-10-4-5-11-27/h2-3,6-9,12-13H,4-5,10-11H2,1H3,(H,25,29). The largest absolute Gasteiger partial charge is 0.306 e. The summed E-state index contributed by atoms with van der Waals surface area (Å²) in [5, 5.41) is 8.02. The second-order valence-electron chi connectivity index (χ2n) is 7.76. The van der Waals surface area contributed by atoms with Crippen LogP contribution in [-0.2, 0) is 10.0 Å². The Balaban J connectivity index is 1.46. The lowest BCUT2D eigenvalue weighted by Crippen LogP contribution is -2.28. The molecule has 0 saturated carbocycles. The van der Waals surface area contributed by atoms with Crippen LogP contribution < -0.4 is 5.32 Å². The zero-order chi connectivity index (χ0) is 23.2. The number of para-hydroxylation sites is 1. The Hall–Kier alpha value is -2.79. The Kier molecular flexibility index (Phi) is 5.69. The van der Waals surface area contributed by atoms with E-state index in [9.17, 15) is 13.2 Å².